The SMILES string of the molecule is CS(=O)(=O)N1CCCC(CC(=O)c2cc3sccc3s2)C1. The van der Waals surface area contributed by atoms with E-state index in [1.165, 1.54) is 21.9 Å². The Morgan fingerprint density at radius 1 is 1.43 bits per heavy atom. The largest absolute Gasteiger partial charge is 0.293 e. The van der Waals surface area contributed by atoms with E-state index < -0.39 is 10.0 Å². The van der Waals surface area contributed by atoms with Gasteiger partial charge in [0.25, 0.3) is 0 Å². The van der Waals surface area contributed by atoms with Crippen molar-refractivity contribution in [3.8, 4) is 0 Å². The van der Waals surface area contributed by atoms with Gasteiger partial charge in [0, 0.05) is 28.9 Å². The van der Waals surface area contributed by atoms with Gasteiger partial charge in [0.2, 0.25) is 10.0 Å². The monoisotopic (exact) mass is 343 g/mol. The summed E-state index contributed by atoms with van der Waals surface area (Å²) < 4.78 is 27.0. The lowest BCUT2D eigenvalue weighted by atomic mass is 9.94. The van der Waals surface area contributed by atoms with Crippen LogP contribution in [0.2, 0.25) is 0 Å². The Kier molecular flexibility index (Phi) is 4.18. The van der Waals surface area contributed by atoms with E-state index in [1.54, 1.807) is 11.3 Å². The van der Waals surface area contributed by atoms with Crippen LogP contribution in [0, 0.1) is 5.92 Å². The van der Waals surface area contributed by atoms with Crippen LogP contribution in [0.1, 0.15) is 28.9 Å². The number of nitrogens with zero attached hydrogens (tertiary/aromatic N) is 1. The van der Waals surface area contributed by atoms with E-state index in [0.717, 1.165) is 27.1 Å². The summed E-state index contributed by atoms with van der Waals surface area (Å²) in [5.74, 6) is 0.282. The molecule has 1 aliphatic rings. The fraction of sp³-hybridized carbons (Fsp3) is 0.500. The molecule has 0 spiro atoms. The van der Waals surface area contributed by atoms with Crippen molar-refractivity contribution in [3.05, 3.63) is 22.4 Å². The van der Waals surface area contributed by atoms with Crippen molar-refractivity contribution < 1.29 is 13.2 Å². The van der Waals surface area contributed by atoms with Gasteiger partial charge in [0.1, 0.15) is 0 Å². The van der Waals surface area contributed by atoms with Crippen LogP contribution in [0.4, 0.5) is 0 Å². The quantitative estimate of drug-likeness (QED) is 0.801. The Bertz CT molecular complexity index is 731. The summed E-state index contributed by atoms with van der Waals surface area (Å²) in [4.78, 5) is 13.2. The standard InChI is InChI=1S/C14H17NO3S3/c1-21(17,18)15-5-2-3-10(9-15)7-11(16)13-8-14-12(20-13)4-6-19-14/h4,6,8,10H,2-3,5,7,9H2,1H3. The minimum atomic E-state index is -3.14. The predicted octanol–water partition coefficient (Wildman–Crippen LogP) is 3.21. The molecule has 0 bridgehead atoms. The fourth-order valence-corrected chi connectivity index (χ4v) is 5.76. The number of ketones is 1. The molecule has 0 N–H and O–H groups in total. The molecule has 0 amide bonds. The molecule has 0 saturated carbocycles. The second-order valence-electron chi connectivity index (χ2n) is 5.52. The van der Waals surface area contributed by atoms with Gasteiger partial charge >= 0.3 is 0 Å². The first-order valence-electron chi connectivity index (χ1n) is 6.89. The van der Waals surface area contributed by atoms with Crippen LogP contribution < -0.4 is 0 Å². The third-order valence-corrected chi connectivity index (χ3v) is 7.24. The van der Waals surface area contributed by atoms with Gasteiger partial charge in [-0.2, -0.15) is 0 Å². The Morgan fingerprint density at radius 3 is 2.95 bits per heavy atom. The van der Waals surface area contributed by atoms with E-state index >= 15 is 0 Å². The van der Waals surface area contributed by atoms with Gasteiger partial charge in [-0.05, 0) is 36.3 Å². The van der Waals surface area contributed by atoms with Crippen LogP contribution in [0.25, 0.3) is 9.40 Å². The van der Waals surface area contributed by atoms with Gasteiger partial charge in [-0.3, -0.25) is 4.79 Å². The average Bonchev–Trinajstić information content (AvgIpc) is 2.98. The van der Waals surface area contributed by atoms with Gasteiger partial charge < -0.3 is 0 Å². The molecule has 2 aromatic rings. The average molecular weight is 343 g/mol. The fourth-order valence-electron chi connectivity index (χ4n) is 2.76. The molecule has 7 heteroatoms. The van der Waals surface area contributed by atoms with E-state index in [9.17, 15) is 13.2 Å². The maximum Gasteiger partial charge on any atom is 0.211 e. The summed E-state index contributed by atoms with van der Waals surface area (Å²) in [6.07, 6.45) is 3.45. The number of Topliss-reactive ketones (excluding diaryl/α,β-unsaturated/α-hetero) is 1. The summed E-state index contributed by atoms with van der Waals surface area (Å²) in [6.45, 7) is 1.06. The van der Waals surface area contributed by atoms with Gasteiger partial charge in [-0.25, -0.2) is 12.7 Å². The molecule has 1 unspecified atom stereocenters. The summed E-state index contributed by atoms with van der Waals surface area (Å²) in [5.41, 5.74) is 0. The molecular weight excluding hydrogens is 326 g/mol. The van der Waals surface area contributed by atoms with E-state index in [2.05, 4.69) is 0 Å². The lowest BCUT2D eigenvalue weighted by molar-refractivity contribution is 0.0946. The molecule has 2 aromatic heterocycles. The molecule has 0 radical (unpaired) electrons. The number of sulfonamides is 1. The second-order valence-corrected chi connectivity index (χ2v) is 9.53. The van der Waals surface area contributed by atoms with E-state index in [0.29, 0.717) is 19.5 Å². The molecule has 1 atom stereocenters. The van der Waals surface area contributed by atoms with Crippen molar-refractivity contribution >= 4 is 47.9 Å². The molecule has 0 aromatic carbocycles. The normalized spacial score (nSPS) is 20.9. The molecule has 1 aliphatic heterocycles. The highest BCUT2D eigenvalue weighted by atomic mass is 32.2. The molecule has 21 heavy (non-hydrogen) atoms. The Hall–Kier alpha value is -0.760. The van der Waals surface area contributed by atoms with Crippen molar-refractivity contribution in [1.29, 1.82) is 0 Å². The predicted molar refractivity (Wildman–Crippen MR) is 87.8 cm³/mol. The minimum absolute atomic E-state index is 0.140. The first-order valence-corrected chi connectivity index (χ1v) is 10.4. The zero-order valence-electron chi connectivity index (χ0n) is 11.7. The van der Waals surface area contributed by atoms with Crippen LogP contribution in [-0.4, -0.2) is 37.9 Å². The first kappa shape index (κ1) is 15.1. The maximum absolute atomic E-state index is 12.4. The van der Waals surface area contributed by atoms with Crippen molar-refractivity contribution in [2.24, 2.45) is 5.92 Å². The van der Waals surface area contributed by atoms with Gasteiger partial charge in [-0.15, -0.1) is 22.7 Å². The molecule has 1 saturated heterocycles. The molecule has 3 heterocycles. The van der Waals surface area contributed by atoms with E-state index in [1.807, 2.05) is 17.5 Å². The Morgan fingerprint density at radius 2 is 2.24 bits per heavy atom. The number of carbonyl (C=O) groups excluding carboxylic acids is 1. The van der Waals surface area contributed by atoms with Gasteiger partial charge in [-0.1, -0.05) is 0 Å². The second kappa shape index (κ2) is 5.79. The zero-order valence-corrected chi connectivity index (χ0v) is 14.2. The lowest BCUT2D eigenvalue weighted by Crippen LogP contribution is -2.39. The molecule has 1 fully saturated rings. The van der Waals surface area contributed by atoms with Crippen molar-refractivity contribution in [2.45, 2.75) is 19.3 Å². The topological polar surface area (TPSA) is 54.5 Å². The number of thiophene rings is 2. The van der Waals surface area contributed by atoms with Gasteiger partial charge in [0.05, 0.1) is 11.1 Å². The Labute approximate surface area is 132 Å². The van der Waals surface area contributed by atoms with Gasteiger partial charge in [0.15, 0.2) is 5.78 Å². The molecule has 4 nitrogen and oxygen atoms in total. The maximum atomic E-state index is 12.4. The third-order valence-electron chi connectivity index (χ3n) is 3.84. The van der Waals surface area contributed by atoms with E-state index in [-0.39, 0.29) is 11.7 Å². The molecule has 114 valence electrons. The summed E-state index contributed by atoms with van der Waals surface area (Å²) in [5, 5.41) is 2.03. The number of carbonyl (C=O) groups is 1. The highest BCUT2D eigenvalue weighted by Crippen LogP contribution is 2.32. The molecular formula is C14H17NO3S3. The third kappa shape index (κ3) is 3.36. The van der Waals surface area contributed by atoms with Crippen LogP contribution in [0.3, 0.4) is 0 Å². The van der Waals surface area contributed by atoms with Crippen molar-refractivity contribution in [3.63, 3.8) is 0 Å². The molecule has 3 rings (SSSR count). The highest BCUT2D eigenvalue weighted by Gasteiger charge is 2.27. The lowest BCUT2D eigenvalue weighted by Gasteiger charge is -2.30. The number of fused-ring (bicyclic) bond motifs is 1. The first-order chi connectivity index (χ1) is 9.93. The number of piperidine rings is 1. The van der Waals surface area contributed by atoms with Crippen LogP contribution >= 0.6 is 22.7 Å². The highest BCUT2D eigenvalue weighted by molar-refractivity contribution is 7.88. The van der Waals surface area contributed by atoms with Crippen LogP contribution in [-0.2, 0) is 10.0 Å². The van der Waals surface area contributed by atoms with Crippen LogP contribution in [0.5, 0.6) is 0 Å². The number of hydrogen-bond acceptors (Lipinski definition) is 5. The van der Waals surface area contributed by atoms with Crippen molar-refractivity contribution in [2.75, 3.05) is 19.3 Å². The summed E-state index contributed by atoms with van der Waals surface area (Å²) in [7, 11) is -3.14. The number of hydrogen-bond donors (Lipinski definition) is 0. The van der Waals surface area contributed by atoms with Crippen molar-refractivity contribution in [1.82, 2.24) is 4.31 Å². The molecule has 0 aliphatic carbocycles. The smallest absolute Gasteiger partial charge is 0.211 e. The van der Waals surface area contributed by atoms with E-state index in [4.69, 9.17) is 0 Å². The Balaban J connectivity index is 1.68. The van der Waals surface area contributed by atoms with Crippen LogP contribution in [0.15, 0.2) is 17.5 Å². The summed E-state index contributed by atoms with van der Waals surface area (Å²) >= 11 is 3.18. The summed E-state index contributed by atoms with van der Waals surface area (Å²) in [6, 6.07) is 4.00. The zero-order chi connectivity index (χ0) is 15.0. The minimum Gasteiger partial charge on any atom is -0.293 e. The number of rotatable bonds is 4.